The fourth-order valence-corrected chi connectivity index (χ4v) is 2.72. The number of hydrogen-bond acceptors (Lipinski definition) is 9. The minimum Gasteiger partial charge on any atom is -0.493 e. The Bertz CT molecular complexity index is 1020. The lowest BCUT2D eigenvalue weighted by atomic mass is 10.2. The molecule has 9 heteroatoms. The fourth-order valence-electron chi connectivity index (χ4n) is 2.72. The highest BCUT2D eigenvalue weighted by atomic mass is 16.7. The topological polar surface area (TPSA) is 102 Å². The Morgan fingerprint density at radius 2 is 1.96 bits per heavy atom. The highest BCUT2D eigenvalue weighted by Crippen LogP contribution is 2.35. The van der Waals surface area contributed by atoms with Gasteiger partial charge in [0.25, 0.3) is 5.89 Å². The number of methoxy groups -OCH3 is 2. The number of benzene rings is 2. The molecule has 0 atom stereocenters. The van der Waals surface area contributed by atoms with Crippen LogP contribution in [0.1, 0.15) is 16.2 Å². The quantitative estimate of drug-likeness (QED) is 0.594. The monoisotopic (exact) mass is 384 g/mol. The largest absolute Gasteiger partial charge is 0.493 e. The summed E-state index contributed by atoms with van der Waals surface area (Å²) in [6, 6.07) is 10.2. The number of para-hydroxylation sites is 1. The SMILES string of the molecule is COc1cccc(C(=O)OCc2nc(-c3ccc4c(c3)OCO4)no2)c1OC. The molecule has 2 heterocycles. The maximum absolute atomic E-state index is 12.4. The maximum Gasteiger partial charge on any atom is 0.342 e. The van der Waals surface area contributed by atoms with Gasteiger partial charge in [0.1, 0.15) is 5.56 Å². The van der Waals surface area contributed by atoms with Gasteiger partial charge in [0.15, 0.2) is 29.6 Å². The lowest BCUT2D eigenvalue weighted by molar-refractivity contribution is 0.0425. The van der Waals surface area contributed by atoms with E-state index in [1.807, 2.05) is 0 Å². The van der Waals surface area contributed by atoms with Crippen LogP contribution in [0, 0.1) is 0 Å². The number of rotatable bonds is 6. The minimum absolute atomic E-state index is 0.155. The molecule has 0 radical (unpaired) electrons. The van der Waals surface area contributed by atoms with Gasteiger partial charge >= 0.3 is 5.97 Å². The van der Waals surface area contributed by atoms with Crippen LogP contribution in [0.2, 0.25) is 0 Å². The molecule has 9 nitrogen and oxygen atoms in total. The van der Waals surface area contributed by atoms with Gasteiger partial charge in [-0.25, -0.2) is 4.79 Å². The van der Waals surface area contributed by atoms with E-state index >= 15 is 0 Å². The molecular weight excluding hydrogens is 368 g/mol. The Labute approximate surface area is 159 Å². The van der Waals surface area contributed by atoms with E-state index in [-0.39, 0.29) is 24.9 Å². The molecule has 144 valence electrons. The van der Waals surface area contributed by atoms with Gasteiger partial charge in [-0.05, 0) is 30.3 Å². The standard InChI is InChI=1S/C19H16N2O7/c1-23-14-5-3-4-12(17(14)24-2)19(22)25-9-16-20-18(21-28-16)11-6-7-13-15(8-11)27-10-26-13/h3-8H,9-10H2,1-2H3. The smallest absolute Gasteiger partial charge is 0.342 e. The van der Waals surface area contributed by atoms with Crippen molar-refractivity contribution in [3.05, 3.63) is 47.9 Å². The van der Waals surface area contributed by atoms with Crippen LogP contribution in [0.4, 0.5) is 0 Å². The molecule has 3 aromatic rings. The third-order valence-corrected chi connectivity index (χ3v) is 4.05. The Balaban J connectivity index is 1.46. The Hall–Kier alpha value is -3.75. The highest BCUT2D eigenvalue weighted by Gasteiger charge is 2.20. The first-order valence-electron chi connectivity index (χ1n) is 8.30. The van der Waals surface area contributed by atoms with Crippen LogP contribution >= 0.6 is 0 Å². The second-order valence-electron chi connectivity index (χ2n) is 5.70. The van der Waals surface area contributed by atoms with Crippen molar-refractivity contribution in [3.63, 3.8) is 0 Å². The van der Waals surface area contributed by atoms with Crippen LogP contribution in [0.5, 0.6) is 23.0 Å². The van der Waals surface area contributed by atoms with Gasteiger partial charge in [0.2, 0.25) is 12.6 Å². The van der Waals surface area contributed by atoms with Crippen molar-refractivity contribution in [2.75, 3.05) is 21.0 Å². The first kappa shape index (κ1) is 17.7. The average molecular weight is 384 g/mol. The lowest BCUT2D eigenvalue weighted by Crippen LogP contribution is -2.08. The third kappa shape index (κ3) is 3.29. The molecule has 1 aliphatic rings. The van der Waals surface area contributed by atoms with Crippen molar-refractivity contribution in [2.45, 2.75) is 6.61 Å². The van der Waals surface area contributed by atoms with Crippen molar-refractivity contribution in [2.24, 2.45) is 0 Å². The van der Waals surface area contributed by atoms with Crippen LogP contribution < -0.4 is 18.9 Å². The molecule has 0 saturated heterocycles. The van der Waals surface area contributed by atoms with E-state index in [4.69, 9.17) is 28.2 Å². The normalized spacial score (nSPS) is 11.9. The summed E-state index contributed by atoms with van der Waals surface area (Å²) in [5, 5.41) is 3.91. The van der Waals surface area contributed by atoms with Crippen molar-refractivity contribution >= 4 is 5.97 Å². The maximum atomic E-state index is 12.4. The zero-order chi connectivity index (χ0) is 19.5. The number of hydrogen-bond donors (Lipinski definition) is 0. The van der Waals surface area contributed by atoms with Crippen LogP contribution in [0.25, 0.3) is 11.4 Å². The lowest BCUT2D eigenvalue weighted by Gasteiger charge is -2.11. The molecule has 1 aliphatic heterocycles. The summed E-state index contributed by atoms with van der Waals surface area (Å²) in [6.45, 7) is -0.00326. The average Bonchev–Trinajstić information content (AvgIpc) is 3.39. The zero-order valence-electron chi connectivity index (χ0n) is 15.1. The molecule has 0 unspecified atom stereocenters. The van der Waals surface area contributed by atoms with Gasteiger partial charge < -0.3 is 28.2 Å². The Kier molecular flexibility index (Phi) is 4.71. The van der Waals surface area contributed by atoms with Gasteiger partial charge in [-0.15, -0.1) is 0 Å². The van der Waals surface area contributed by atoms with Gasteiger partial charge in [-0.1, -0.05) is 11.2 Å². The minimum atomic E-state index is -0.599. The van der Waals surface area contributed by atoms with Gasteiger partial charge in [-0.3, -0.25) is 0 Å². The van der Waals surface area contributed by atoms with Crippen LogP contribution in [0.3, 0.4) is 0 Å². The summed E-state index contributed by atoms with van der Waals surface area (Å²) in [4.78, 5) is 16.6. The highest BCUT2D eigenvalue weighted by molar-refractivity contribution is 5.93. The van der Waals surface area contributed by atoms with E-state index < -0.39 is 5.97 Å². The Morgan fingerprint density at radius 3 is 2.79 bits per heavy atom. The number of ether oxygens (including phenoxy) is 5. The number of esters is 1. The number of aromatic nitrogens is 2. The molecule has 1 aromatic heterocycles. The summed E-state index contributed by atoms with van der Waals surface area (Å²) in [5.74, 6) is 1.90. The summed E-state index contributed by atoms with van der Waals surface area (Å²) in [5.41, 5.74) is 0.928. The van der Waals surface area contributed by atoms with E-state index in [9.17, 15) is 4.79 Å². The van der Waals surface area contributed by atoms with Crippen LogP contribution in [-0.2, 0) is 11.3 Å². The predicted octanol–water partition coefficient (Wildman–Crippen LogP) is 2.84. The number of carbonyl (C=O) groups is 1. The van der Waals surface area contributed by atoms with Crippen molar-refractivity contribution in [3.8, 4) is 34.4 Å². The molecule has 4 rings (SSSR count). The molecular formula is C19H16N2O7. The van der Waals surface area contributed by atoms with Gasteiger partial charge in [0.05, 0.1) is 14.2 Å². The second-order valence-corrected chi connectivity index (χ2v) is 5.70. The van der Waals surface area contributed by atoms with Crippen molar-refractivity contribution in [1.82, 2.24) is 10.1 Å². The summed E-state index contributed by atoms with van der Waals surface area (Å²) < 4.78 is 31.5. The molecule has 2 aromatic carbocycles. The van der Waals surface area contributed by atoms with Crippen molar-refractivity contribution in [1.29, 1.82) is 0 Å². The summed E-state index contributed by atoms with van der Waals surface area (Å²) >= 11 is 0. The molecule has 0 fully saturated rings. The van der Waals surface area contributed by atoms with Crippen LogP contribution in [0.15, 0.2) is 40.9 Å². The summed E-state index contributed by atoms with van der Waals surface area (Å²) in [7, 11) is 2.94. The second kappa shape index (κ2) is 7.47. The first-order valence-corrected chi connectivity index (χ1v) is 8.30. The van der Waals surface area contributed by atoms with E-state index in [1.54, 1.807) is 36.4 Å². The number of fused-ring (bicyclic) bond motifs is 1. The van der Waals surface area contributed by atoms with Crippen molar-refractivity contribution < 1.29 is 33.0 Å². The first-order chi connectivity index (χ1) is 13.7. The van der Waals surface area contributed by atoms with E-state index in [0.29, 0.717) is 34.4 Å². The zero-order valence-corrected chi connectivity index (χ0v) is 15.1. The predicted molar refractivity (Wildman–Crippen MR) is 94.5 cm³/mol. The molecule has 0 bridgehead atoms. The Morgan fingerprint density at radius 1 is 1.11 bits per heavy atom. The molecule has 0 saturated carbocycles. The summed E-state index contributed by atoms with van der Waals surface area (Å²) in [6.07, 6.45) is 0. The number of carbonyl (C=O) groups excluding carboxylic acids is 1. The van der Waals surface area contributed by atoms with E-state index in [1.165, 1.54) is 14.2 Å². The van der Waals surface area contributed by atoms with Crippen LogP contribution in [-0.4, -0.2) is 37.1 Å². The third-order valence-electron chi connectivity index (χ3n) is 4.05. The van der Waals surface area contributed by atoms with Gasteiger partial charge in [-0.2, -0.15) is 4.98 Å². The molecule has 0 amide bonds. The number of nitrogens with zero attached hydrogens (tertiary/aromatic N) is 2. The van der Waals surface area contributed by atoms with Gasteiger partial charge in [0, 0.05) is 5.56 Å². The molecule has 0 aliphatic carbocycles. The van der Waals surface area contributed by atoms with E-state index in [2.05, 4.69) is 10.1 Å². The molecule has 0 N–H and O–H groups in total. The fraction of sp³-hybridized carbons (Fsp3) is 0.211. The van der Waals surface area contributed by atoms with E-state index in [0.717, 1.165) is 0 Å². The molecule has 28 heavy (non-hydrogen) atoms. The molecule has 0 spiro atoms.